The van der Waals surface area contributed by atoms with Crippen LogP contribution < -0.4 is 20.1 Å². The van der Waals surface area contributed by atoms with E-state index in [1.165, 1.54) is 32.7 Å². The maximum Gasteiger partial charge on any atom is 0.274 e. The monoisotopic (exact) mass is 386 g/mol. The Hall–Kier alpha value is -3.75. The van der Waals surface area contributed by atoms with Gasteiger partial charge in [-0.2, -0.15) is 0 Å². The van der Waals surface area contributed by atoms with Gasteiger partial charge < -0.3 is 20.1 Å². The first kappa shape index (κ1) is 19.0. The first-order valence-corrected chi connectivity index (χ1v) is 8.07. The standard InChI is InChI=1S/C19H16F2N4O3/c1-27-16-6-4-12(8-17(16)28-2)25-19(26)15-9-18(23-10-22-15)24-11-3-5-13(20)14(21)7-11/h3-10H,1-2H3,(H,25,26)(H,22,23,24). The molecule has 1 amide bonds. The molecule has 0 atom stereocenters. The van der Waals surface area contributed by atoms with Crippen LogP contribution in [0.2, 0.25) is 0 Å². The third-order valence-corrected chi connectivity index (χ3v) is 3.73. The average Bonchev–Trinajstić information content (AvgIpc) is 2.71. The quantitative estimate of drug-likeness (QED) is 0.671. The topological polar surface area (TPSA) is 85.4 Å². The zero-order chi connectivity index (χ0) is 20.1. The lowest BCUT2D eigenvalue weighted by molar-refractivity contribution is 0.102. The van der Waals surface area contributed by atoms with Crippen LogP contribution in [0.4, 0.5) is 26.0 Å². The van der Waals surface area contributed by atoms with E-state index in [1.807, 2.05) is 0 Å². The van der Waals surface area contributed by atoms with Gasteiger partial charge in [-0.25, -0.2) is 18.7 Å². The Labute approximate surface area is 159 Å². The minimum Gasteiger partial charge on any atom is -0.493 e. The second-order valence-corrected chi connectivity index (χ2v) is 5.57. The lowest BCUT2D eigenvalue weighted by Crippen LogP contribution is -2.14. The fraction of sp³-hybridized carbons (Fsp3) is 0.105. The number of rotatable bonds is 6. The van der Waals surface area contributed by atoms with Crippen molar-refractivity contribution < 1.29 is 23.0 Å². The van der Waals surface area contributed by atoms with E-state index in [2.05, 4.69) is 20.6 Å². The van der Waals surface area contributed by atoms with E-state index in [9.17, 15) is 13.6 Å². The van der Waals surface area contributed by atoms with Crippen LogP contribution in [0.3, 0.4) is 0 Å². The minimum absolute atomic E-state index is 0.0786. The van der Waals surface area contributed by atoms with Gasteiger partial charge in [-0.3, -0.25) is 4.79 Å². The molecule has 3 rings (SSSR count). The maximum absolute atomic E-state index is 13.3. The fourth-order valence-corrected chi connectivity index (χ4v) is 2.38. The Kier molecular flexibility index (Phi) is 5.64. The Morgan fingerprint density at radius 1 is 0.893 bits per heavy atom. The van der Waals surface area contributed by atoms with E-state index in [0.29, 0.717) is 17.2 Å². The van der Waals surface area contributed by atoms with Crippen molar-refractivity contribution >= 4 is 23.1 Å². The lowest BCUT2D eigenvalue weighted by atomic mass is 10.2. The summed E-state index contributed by atoms with van der Waals surface area (Å²) in [6, 6.07) is 9.63. The molecule has 9 heteroatoms. The van der Waals surface area contributed by atoms with Crippen molar-refractivity contribution in [2.75, 3.05) is 24.9 Å². The summed E-state index contributed by atoms with van der Waals surface area (Å²) in [6.45, 7) is 0. The summed E-state index contributed by atoms with van der Waals surface area (Å²) in [6.07, 6.45) is 1.19. The SMILES string of the molecule is COc1ccc(NC(=O)c2cc(Nc3ccc(F)c(F)c3)ncn2)cc1OC. The molecule has 0 unspecified atom stereocenters. The number of benzene rings is 2. The lowest BCUT2D eigenvalue weighted by Gasteiger charge is -2.11. The molecule has 0 bridgehead atoms. The molecular weight excluding hydrogens is 370 g/mol. The van der Waals surface area contributed by atoms with Gasteiger partial charge in [0.25, 0.3) is 5.91 Å². The highest BCUT2D eigenvalue weighted by molar-refractivity contribution is 6.03. The van der Waals surface area contributed by atoms with E-state index in [-0.39, 0.29) is 17.2 Å². The number of nitrogens with zero attached hydrogens (tertiary/aromatic N) is 2. The van der Waals surface area contributed by atoms with Gasteiger partial charge in [0.1, 0.15) is 17.8 Å². The fourth-order valence-electron chi connectivity index (χ4n) is 2.38. The van der Waals surface area contributed by atoms with Gasteiger partial charge in [0.05, 0.1) is 14.2 Å². The molecule has 2 aromatic carbocycles. The van der Waals surface area contributed by atoms with Crippen LogP contribution in [-0.4, -0.2) is 30.1 Å². The van der Waals surface area contributed by atoms with E-state index in [4.69, 9.17) is 9.47 Å². The van der Waals surface area contributed by atoms with Crippen molar-refractivity contribution in [3.05, 3.63) is 66.1 Å². The molecule has 7 nitrogen and oxygen atoms in total. The molecule has 2 N–H and O–H groups in total. The van der Waals surface area contributed by atoms with Crippen LogP contribution in [0, 0.1) is 11.6 Å². The van der Waals surface area contributed by atoms with Gasteiger partial charge in [-0.15, -0.1) is 0 Å². The second-order valence-electron chi connectivity index (χ2n) is 5.57. The number of nitrogens with one attached hydrogen (secondary N) is 2. The predicted octanol–water partition coefficient (Wildman–Crippen LogP) is 3.77. The number of anilines is 3. The van der Waals surface area contributed by atoms with Crippen molar-refractivity contribution in [1.82, 2.24) is 9.97 Å². The molecule has 1 aromatic heterocycles. The van der Waals surface area contributed by atoms with Crippen LogP contribution in [0.25, 0.3) is 0 Å². The van der Waals surface area contributed by atoms with E-state index < -0.39 is 17.5 Å². The zero-order valence-electron chi connectivity index (χ0n) is 15.0. The van der Waals surface area contributed by atoms with E-state index in [0.717, 1.165) is 12.1 Å². The number of ether oxygens (including phenoxy) is 2. The van der Waals surface area contributed by atoms with Crippen molar-refractivity contribution in [2.45, 2.75) is 0 Å². The Morgan fingerprint density at radius 2 is 1.64 bits per heavy atom. The third-order valence-electron chi connectivity index (χ3n) is 3.73. The van der Waals surface area contributed by atoms with Crippen molar-refractivity contribution in [3.63, 3.8) is 0 Å². The van der Waals surface area contributed by atoms with Gasteiger partial charge in [-0.05, 0) is 24.3 Å². The Bertz CT molecular complexity index is 1010. The summed E-state index contributed by atoms with van der Waals surface area (Å²) in [4.78, 5) is 20.4. The van der Waals surface area contributed by atoms with Gasteiger partial charge >= 0.3 is 0 Å². The highest BCUT2D eigenvalue weighted by atomic mass is 19.2. The zero-order valence-corrected chi connectivity index (χ0v) is 15.0. The number of methoxy groups -OCH3 is 2. The average molecular weight is 386 g/mol. The van der Waals surface area contributed by atoms with E-state index in [1.54, 1.807) is 18.2 Å². The highest BCUT2D eigenvalue weighted by Gasteiger charge is 2.12. The van der Waals surface area contributed by atoms with Crippen molar-refractivity contribution in [1.29, 1.82) is 0 Å². The summed E-state index contributed by atoms with van der Waals surface area (Å²) in [5.41, 5.74) is 0.843. The van der Waals surface area contributed by atoms with Gasteiger partial charge in [0.15, 0.2) is 23.1 Å². The predicted molar refractivity (Wildman–Crippen MR) is 99.2 cm³/mol. The molecule has 0 saturated heterocycles. The smallest absolute Gasteiger partial charge is 0.274 e. The molecule has 0 fully saturated rings. The van der Waals surface area contributed by atoms with Gasteiger partial charge in [0.2, 0.25) is 0 Å². The maximum atomic E-state index is 13.3. The molecule has 3 aromatic rings. The molecule has 0 saturated carbocycles. The molecule has 28 heavy (non-hydrogen) atoms. The summed E-state index contributed by atoms with van der Waals surface area (Å²) < 4.78 is 36.7. The Balaban J connectivity index is 1.76. The normalized spacial score (nSPS) is 10.3. The van der Waals surface area contributed by atoms with Gasteiger partial charge in [0, 0.05) is 29.6 Å². The first-order valence-electron chi connectivity index (χ1n) is 8.07. The van der Waals surface area contributed by atoms with Crippen LogP contribution in [0.1, 0.15) is 10.5 Å². The number of carbonyl (C=O) groups excluding carboxylic acids is 1. The third kappa shape index (κ3) is 4.32. The summed E-state index contributed by atoms with van der Waals surface area (Å²) in [7, 11) is 3.00. The molecule has 0 radical (unpaired) electrons. The number of hydrogen-bond acceptors (Lipinski definition) is 6. The van der Waals surface area contributed by atoms with Crippen LogP contribution in [0.5, 0.6) is 11.5 Å². The van der Waals surface area contributed by atoms with Gasteiger partial charge in [-0.1, -0.05) is 0 Å². The molecule has 144 valence electrons. The molecule has 0 aliphatic carbocycles. The molecular formula is C19H16F2N4O3. The van der Waals surface area contributed by atoms with Crippen molar-refractivity contribution in [3.8, 4) is 11.5 Å². The first-order chi connectivity index (χ1) is 13.5. The molecule has 1 heterocycles. The summed E-state index contributed by atoms with van der Waals surface area (Å²) >= 11 is 0. The minimum atomic E-state index is -0.995. The molecule has 0 aliphatic rings. The molecule has 0 spiro atoms. The number of carbonyl (C=O) groups is 1. The van der Waals surface area contributed by atoms with Crippen LogP contribution >= 0.6 is 0 Å². The van der Waals surface area contributed by atoms with E-state index >= 15 is 0 Å². The molecule has 0 aliphatic heterocycles. The number of amides is 1. The number of halogens is 2. The summed E-state index contributed by atoms with van der Waals surface area (Å²) in [5, 5.41) is 5.48. The summed E-state index contributed by atoms with van der Waals surface area (Å²) in [5.74, 6) is -1.20. The second kappa shape index (κ2) is 8.30. The number of aromatic nitrogens is 2. The number of hydrogen-bond donors (Lipinski definition) is 2. The van der Waals surface area contributed by atoms with Crippen LogP contribution in [0.15, 0.2) is 48.8 Å². The largest absolute Gasteiger partial charge is 0.493 e. The highest BCUT2D eigenvalue weighted by Crippen LogP contribution is 2.30. The van der Waals surface area contributed by atoms with Crippen molar-refractivity contribution in [2.24, 2.45) is 0 Å². The Morgan fingerprint density at radius 3 is 2.36 bits per heavy atom. The van der Waals surface area contributed by atoms with Crippen LogP contribution in [-0.2, 0) is 0 Å².